The molecule has 0 radical (unpaired) electrons. The summed E-state index contributed by atoms with van der Waals surface area (Å²) >= 11 is 0. The van der Waals surface area contributed by atoms with Crippen molar-refractivity contribution in [2.75, 3.05) is 4.72 Å². The van der Waals surface area contributed by atoms with Crippen LogP contribution in [0.3, 0.4) is 0 Å². The summed E-state index contributed by atoms with van der Waals surface area (Å²) < 4.78 is 35.2. The molecule has 2 aliphatic rings. The second kappa shape index (κ2) is 7.23. The van der Waals surface area contributed by atoms with Crippen molar-refractivity contribution in [2.45, 2.75) is 43.1 Å². The van der Waals surface area contributed by atoms with Gasteiger partial charge in [0.2, 0.25) is 0 Å². The summed E-state index contributed by atoms with van der Waals surface area (Å²) in [5.74, 6) is 1.68. The smallest absolute Gasteiger partial charge is 0.270 e. The van der Waals surface area contributed by atoms with Crippen molar-refractivity contribution in [3.05, 3.63) is 70.3 Å². The van der Waals surface area contributed by atoms with E-state index in [4.69, 9.17) is 4.74 Å². The normalized spacial score (nSPS) is 22.4. The SMILES string of the molecule is C[C@@H]1CC[C@H]2Oc3c(cc(NS(=O)(=O)c4cccc([N+](=O)[O-])c4)c4ccccc34)[C@H]2C1. The zero-order chi connectivity index (χ0) is 21.8. The predicted molar refractivity (Wildman–Crippen MR) is 118 cm³/mol. The first kappa shape index (κ1) is 19.8. The molecule has 1 fully saturated rings. The molecule has 0 saturated heterocycles. The standard InChI is InChI=1S/C23H22N2O5S/c1-14-9-10-22-19(11-14)20-13-21(17-7-2-3-8-18(17)23(20)30-22)24-31(28,29)16-6-4-5-15(12-16)25(26)27/h2-8,12-14,19,22,24H,9-11H2,1H3/t14-,19-,22-/m1/s1. The summed E-state index contributed by atoms with van der Waals surface area (Å²) in [4.78, 5) is 10.3. The van der Waals surface area contributed by atoms with Crippen LogP contribution in [0.1, 0.15) is 37.7 Å². The Hall–Kier alpha value is -3.13. The Morgan fingerprint density at radius 2 is 1.84 bits per heavy atom. The zero-order valence-electron chi connectivity index (χ0n) is 16.9. The van der Waals surface area contributed by atoms with E-state index in [1.165, 1.54) is 18.2 Å². The van der Waals surface area contributed by atoms with Crippen molar-refractivity contribution >= 4 is 32.2 Å². The summed E-state index contributed by atoms with van der Waals surface area (Å²) in [5.41, 5.74) is 1.23. The number of hydrogen-bond donors (Lipinski definition) is 1. The molecule has 3 aromatic rings. The average molecular weight is 439 g/mol. The molecule has 31 heavy (non-hydrogen) atoms. The molecule has 1 N–H and O–H groups in total. The third kappa shape index (κ3) is 3.40. The molecule has 0 aromatic heterocycles. The van der Waals surface area contributed by atoms with E-state index in [0.717, 1.165) is 47.4 Å². The van der Waals surface area contributed by atoms with Gasteiger partial charge in [0.05, 0.1) is 15.5 Å². The van der Waals surface area contributed by atoms with Crippen LogP contribution in [0.5, 0.6) is 5.75 Å². The molecule has 7 nitrogen and oxygen atoms in total. The Balaban J connectivity index is 1.61. The minimum Gasteiger partial charge on any atom is -0.489 e. The number of hydrogen-bond acceptors (Lipinski definition) is 5. The van der Waals surface area contributed by atoms with Crippen LogP contribution in [0.4, 0.5) is 11.4 Å². The van der Waals surface area contributed by atoms with Crippen molar-refractivity contribution in [1.82, 2.24) is 0 Å². The topological polar surface area (TPSA) is 98.5 Å². The van der Waals surface area contributed by atoms with Crippen LogP contribution >= 0.6 is 0 Å². The number of nitro groups is 1. The molecule has 0 unspecified atom stereocenters. The van der Waals surface area contributed by atoms with Gasteiger partial charge in [0, 0.05) is 34.4 Å². The first-order chi connectivity index (χ1) is 14.8. The maximum absolute atomic E-state index is 13.1. The zero-order valence-corrected chi connectivity index (χ0v) is 17.8. The molecule has 8 heteroatoms. The fourth-order valence-electron chi connectivity index (χ4n) is 4.80. The first-order valence-corrected chi connectivity index (χ1v) is 11.8. The van der Waals surface area contributed by atoms with Crippen LogP contribution in [0.2, 0.25) is 0 Å². The van der Waals surface area contributed by atoms with Gasteiger partial charge >= 0.3 is 0 Å². The first-order valence-electron chi connectivity index (χ1n) is 10.3. The number of rotatable bonds is 4. The van der Waals surface area contributed by atoms with Crippen LogP contribution in [-0.4, -0.2) is 19.4 Å². The van der Waals surface area contributed by atoms with E-state index in [1.807, 2.05) is 30.3 Å². The quantitative estimate of drug-likeness (QED) is 0.445. The number of anilines is 1. The molecule has 5 rings (SSSR count). The summed E-state index contributed by atoms with van der Waals surface area (Å²) in [7, 11) is -4.01. The summed E-state index contributed by atoms with van der Waals surface area (Å²) in [6.07, 6.45) is 3.24. The van der Waals surface area contributed by atoms with Gasteiger partial charge in [0.25, 0.3) is 15.7 Å². The van der Waals surface area contributed by atoms with Gasteiger partial charge in [-0.15, -0.1) is 0 Å². The minimum atomic E-state index is -4.01. The number of nitro benzene ring substituents is 1. The van der Waals surface area contributed by atoms with E-state index in [2.05, 4.69) is 11.6 Å². The molecule has 1 aliphatic heterocycles. The number of benzene rings is 3. The van der Waals surface area contributed by atoms with E-state index in [-0.39, 0.29) is 22.6 Å². The molecule has 3 aromatic carbocycles. The van der Waals surface area contributed by atoms with Crippen LogP contribution in [-0.2, 0) is 10.0 Å². The number of fused-ring (bicyclic) bond motifs is 5. The van der Waals surface area contributed by atoms with Crippen LogP contribution in [0.15, 0.2) is 59.5 Å². The van der Waals surface area contributed by atoms with Crippen LogP contribution < -0.4 is 9.46 Å². The molecule has 3 atom stereocenters. The Morgan fingerprint density at radius 1 is 1.06 bits per heavy atom. The average Bonchev–Trinajstić information content (AvgIpc) is 3.12. The maximum atomic E-state index is 13.1. The fraction of sp³-hybridized carbons (Fsp3) is 0.304. The van der Waals surface area contributed by atoms with Crippen molar-refractivity contribution in [3.63, 3.8) is 0 Å². The van der Waals surface area contributed by atoms with Gasteiger partial charge in [-0.2, -0.15) is 0 Å². The van der Waals surface area contributed by atoms with Gasteiger partial charge < -0.3 is 4.74 Å². The lowest BCUT2D eigenvalue weighted by Gasteiger charge is -2.28. The molecular weight excluding hydrogens is 416 g/mol. The monoisotopic (exact) mass is 438 g/mol. The Kier molecular flexibility index (Phi) is 4.62. The number of nitrogens with zero attached hydrogens (tertiary/aromatic N) is 1. The third-order valence-electron chi connectivity index (χ3n) is 6.32. The highest BCUT2D eigenvalue weighted by molar-refractivity contribution is 7.92. The lowest BCUT2D eigenvalue weighted by molar-refractivity contribution is -0.385. The summed E-state index contributed by atoms with van der Waals surface area (Å²) in [6, 6.07) is 14.5. The van der Waals surface area contributed by atoms with E-state index in [1.54, 1.807) is 0 Å². The number of sulfonamides is 1. The van der Waals surface area contributed by atoms with Crippen molar-refractivity contribution in [3.8, 4) is 5.75 Å². The van der Waals surface area contributed by atoms with Crippen LogP contribution in [0.25, 0.3) is 10.8 Å². The van der Waals surface area contributed by atoms with Gasteiger partial charge in [0.1, 0.15) is 11.9 Å². The Morgan fingerprint density at radius 3 is 2.61 bits per heavy atom. The molecule has 0 bridgehead atoms. The molecular formula is C23H22N2O5S. The number of non-ortho nitro benzene ring substituents is 1. The molecule has 1 saturated carbocycles. The lowest BCUT2D eigenvalue weighted by atomic mass is 9.77. The van der Waals surface area contributed by atoms with Crippen molar-refractivity contribution in [2.24, 2.45) is 5.92 Å². The highest BCUT2D eigenvalue weighted by Crippen LogP contribution is 2.51. The summed E-state index contributed by atoms with van der Waals surface area (Å²) in [6.45, 7) is 2.24. The maximum Gasteiger partial charge on any atom is 0.270 e. The number of ether oxygens (including phenoxy) is 1. The second-order valence-electron chi connectivity index (χ2n) is 8.43. The molecule has 1 heterocycles. The van der Waals surface area contributed by atoms with E-state index >= 15 is 0 Å². The van der Waals surface area contributed by atoms with Crippen molar-refractivity contribution < 1.29 is 18.1 Å². The molecule has 0 spiro atoms. The Bertz CT molecular complexity index is 1300. The fourth-order valence-corrected chi connectivity index (χ4v) is 5.91. The highest BCUT2D eigenvalue weighted by atomic mass is 32.2. The van der Waals surface area contributed by atoms with Gasteiger partial charge in [-0.05, 0) is 37.3 Å². The minimum absolute atomic E-state index is 0.123. The largest absolute Gasteiger partial charge is 0.489 e. The van der Waals surface area contributed by atoms with Gasteiger partial charge in [0.15, 0.2) is 0 Å². The molecule has 160 valence electrons. The Labute approximate surface area is 180 Å². The van der Waals surface area contributed by atoms with E-state index in [0.29, 0.717) is 11.6 Å². The third-order valence-corrected chi connectivity index (χ3v) is 7.69. The number of nitrogens with one attached hydrogen (secondary N) is 1. The van der Waals surface area contributed by atoms with Crippen LogP contribution in [0, 0.1) is 16.0 Å². The van der Waals surface area contributed by atoms with Gasteiger partial charge in [-0.3, -0.25) is 14.8 Å². The highest BCUT2D eigenvalue weighted by Gasteiger charge is 2.39. The molecule has 1 aliphatic carbocycles. The van der Waals surface area contributed by atoms with Gasteiger partial charge in [-0.1, -0.05) is 37.3 Å². The van der Waals surface area contributed by atoms with E-state index in [9.17, 15) is 18.5 Å². The lowest BCUT2D eigenvalue weighted by Crippen LogP contribution is -2.26. The van der Waals surface area contributed by atoms with Crippen molar-refractivity contribution in [1.29, 1.82) is 0 Å². The van der Waals surface area contributed by atoms with E-state index < -0.39 is 14.9 Å². The molecule has 0 amide bonds. The summed E-state index contributed by atoms with van der Waals surface area (Å²) in [5, 5.41) is 12.7. The van der Waals surface area contributed by atoms with Gasteiger partial charge in [-0.25, -0.2) is 8.42 Å². The predicted octanol–water partition coefficient (Wildman–Crippen LogP) is 5.21. The second-order valence-corrected chi connectivity index (χ2v) is 10.1.